The third kappa shape index (κ3) is 9.00. The van der Waals surface area contributed by atoms with Crippen molar-refractivity contribution in [1.29, 1.82) is 0 Å². The summed E-state index contributed by atoms with van der Waals surface area (Å²) in [5.41, 5.74) is 5.39. The summed E-state index contributed by atoms with van der Waals surface area (Å²) in [6, 6.07) is 10.4. The van der Waals surface area contributed by atoms with Crippen LogP contribution in [0.3, 0.4) is 0 Å². The van der Waals surface area contributed by atoms with Gasteiger partial charge < -0.3 is 5.73 Å². The number of nitro benzene ring substituents is 1. The Bertz CT molecular complexity index is 1150. The van der Waals surface area contributed by atoms with Gasteiger partial charge in [-0.05, 0) is 12.1 Å². The average molecular weight is 545 g/mol. The molecule has 2 rings (SSSR count). The van der Waals surface area contributed by atoms with E-state index in [2.05, 4.69) is 18.9 Å². The molecule has 33 heavy (non-hydrogen) atoms. The summed E-state index contributed by atoms with van der Waals surface area (Å²) in [5, 5.41) is 21.4. The van der Waals surface area contributed by atoms with Crippen LogP contribution in [0.4, 0.5) is 11.4 Å². The van der Waals surface area contributed by atoms with Gasteiger partial charge in [0.1, 0.15) is 0 Å². The van der Waals surface area contributed by atoms with Crippen LogP contribution in [0.1, 0.15) is 17.3 Å². The van der Waals surface area contributed by atoms with Crippen molar-refractivity contribution < 1.29 is 39.0 Å². The molecular formula is C18H20AsN3O10S. The molecule has 0 radical (unpaired) electrons. The first-order chi connectivity index (χ1) is 15.3. The van der Waals surface area contributed by atoms with Crippen LogP contribution in [0.25, 0.3) is 0 Å². The van der Waals surface area contributed by atoms with Crippen molar-refractivity contribution in [2.45, 2.75) is 6.92 Å². The van der Waals surface area contributed by atoms with E-state index in [4.69, 9.17) is 11.0 Å². The van der Waals surface area contributed by atoms with Crippen molar-refractivity contribution in [3.05, 3.63) is 76.9 Å². The van der Waals surface area contributed by atoms with Gasteiger partial charge >= 0.3 is 124 Å². The Labute approximate surface area is 191 Å². The van der Waals surface area contributed by atoms with E-state index in [1.807, 2.05) is 0 Å². The monoisotopic (exact) mass is 545 g/mol. The Hall–Kier alpha value is -3.29. The second-order valence-electron chi connectivity index (χ2n) is 6.07. The SMILES string of the molecule is C=CCS(=O)(=O)O[As](=O)(OO)c1cccc(NC(C)=O)c1.NC(=O)c1ccc([N+](=O)[O-])cc1. The molecule has 0 aliphatic heterocycles. The second kappa shape index (κ2) is 12.1. The number of anilines is 1. The van der Waals surface area contributed by atoms with Gasteiger partial charge in [0.25, 0.3) is 5.69 Å². The smallest absolute Gasteiger partial charge is 0.269 e. The van der Waals surface area contributed by atoms with E-state index in [0.717, 1.165) is 6.08 Å². The molecule has 2 aromatic rings. The van der Waals surface area contributed by atoms with E-state index < -0.39 is 40.9 Å². The van der Waals surface area contributed by atoms with E-state index in [9.17, 15) is 31.9 Å². The maximum absolute atomic E-state index is 12.4. The molecular weight excluding hydrogens is 525 g/mol. The number of benzene rings is 2. The van der Waals surface area contributed by atoms with Gasteiger partial charge in [-0.15, -0.1) is 0 Å². The summed E-state index contributed by atoms with van der Waals surface area (Å²) in [6.07, 6.45) is 1.04. The van der Waals surface area contributed by atoms with Gasteiger partial charge in [-0.3, -0.25) is 14.9 Å². The molecule has 0 fully saturated rings. The molecule has 0 aliphatic carbocycles. The Morgan fingerprint density at radius 3 is 2.33 bits per heavy atom. The van der Waals surface area contributed by atoms with Gasteiger partial charge in [-0.25, -0.2) is 0 Å². The van der Waals surface area contributed by atoms with Crippen LogP contribution in [0.15, 0.2) is 61.2 Å². The van der Waals surface area contributed by atoms with Crippen molar-refractivity contribution in [1.82, 2.24) is 0 Å². The summed E-state index contributed by atoms with van der Waals surface area (Å²) in [6.45, 7) is 4.50. The van der Waals surface area contributed by atoms with Gasteiger partial charge in [-0.1, -0.05) is 0 Å². The molecule has 0 aromatic heterocycles. The number of nitrogens with one attached hydrogen (secondary N) is 1. The molecule has 0 bridgehead atoms. The molecule has 178 valence electrons. The molecule has 1 unspecified atom stereocenters. The van der Waals surface area contributed by atoms with Crippen molar-refractivity contribution in [3.63, 3.8) is 0 Å². The topological polar surface area (TPSA) is 205 Å². The minimum Gasteiger partial charge on any atom is -0.366 e. The maximum atomic E-state index is 12.4. The number of non-ortho nitro benzene ring substituents is 1. The molecule has 0 spiro atoms. The number of carbonyl (C=O) groups is 2. The largest absolute Gasteiger partial charge is 0.366 e. The van der Waals surface area contributed by atoms with E-state index in [1.54, 1.807) is 0 Å². The Morgan fingerprint density at radius 2 is 1.88 bits per heavy atom. The molecule has 0 saturated heterocycles. The summed E-state index contributed by atoms with van der Waals surface area (Å²) in [4.78, 5) is 31.1. The van der Waals surface area contributed by atoms with Crippen molar-refractivity contribution >= 4 is 51.8 Å². The molecule has 1 atom stereocenters. The van der Waals surface area contributed by atoms with E-state index in [-0.39, 0.29) is 27.2 Å². The maximum Gasteiger partial charge on any atom is 0.269 e. The van der Waals surface area contributed by atoms with Crippen LogP contribution >= 0.6 is 0 Å². The fourth-order valence-corrected chi connectivity index (χ4v) is 7.26. The van der Waals surface area contributed by atoms with E-state index in [0.29, 0.717) is 0 Å². The Morgan fingerprint density at radius 1 is 1.27 bits per heavy atom. The molecule has 15 heteroatoms. The van der Waals surface area contributed by atoms with Crippen molar-refractivity contribution in [2.24, 2.45) is 5.73 Å². The van der Waals surface area contributed by atoms with E-state index in [1.165, 1.54) is 55.5 Å². The minimum atomic E-state index is -5.23. The van der Waals surface area contributed by atoms with Crippen LogP contribution in [0, 0.1) is 10.1 Å². The number of nitro groups is 1. The number of hydrogen-bond donors (Lipinski definition) is 3. The number of nitrogens with zero attached hydrogens (tertiary/aromatic N) is 1. The standard InChI is InChI=1S/C11H14AsNO7S.C7H6N2O3/c1-3-7-21(17,18)20-12(15,19-16)10-5-4-6-11(8-10)13-9(2)14;8-7(10)5-1-3-6(4-2-5)9(11)12/h3-6,8,16H,1,7H2,2H3,(H,13,14);1-4H,(H2,8,10). The molecule has 4 N–H and O–H groups in total. The van der Waals surface area contributed by atoms with Crippen molar-refractivity contribution in [3.8, 4) is 0 Å². The van der Waals surface area contributed by atoms with E-state index >= 15 is 0 Å². The Kier molecular flexibility index (Phi) is 10.2. The summed E-state index contributed by atoms with van der Waals surface area (Å²) in [7, 11) is -4.21. The third-order valence-corrected chi connectivity index (χ3v) is 9.58. The van der Waals surface area contributed by atoms with Crippen LogP contribution in [0.2, 0.25) is 0 Å². The zero-order chi connectivity index (χ0) is 25.2. The van der Waals surface area contributed by atoms with Crippen LogP contribution in [-0.2, 0) is 25.7 Å². The number of amides is 2. The normalized spacial score (nSPS) is 12.4. The quantitative estimate of drug-likeness (QED) is 0.134. The van der Waals surface area contributed by atoms with Gasteiger partial charge in [0.05, 0.1) is 4.92 Å². The van der Waals surface area contributed by atoms with Gasteiger partial charge in [0.15, 0.2) is 0 Å². The molecule has 0 saturated carbocycles. The first kappa shape index (κ1) is 27.7. The molecule has 2 amide bonds. The number of carbonyl (C=O) groups excluding carboxylic acids is 2. The predicted molar refractivity (Wildman–Crippen MR) is 117 cm³/mol. The van der Waals surface area contributed by atoms with Gasteiger partial charge in [0, 0.05) is 17.7 Å². The fraction of sp³-hybridized carbons (Fsp3) is 0.111. The summed E-state index contributed by atoms with van der Waals surface area (Å²) >= 11 is -5.23. The van der Waals surface area contributed by atoms with Crippen LogP contribution < -0.4 is 15.4 Å². The fourth-order valence-electron chi connectivity index (χ4n) is 2.13. The minimum absolute atomic E-state index is 0.0556. The zero-order valence-electron chi connectivity index (χ0n) is 17.1. The second-order valence-corrected chi connectivity index (χ2v) is 12.1. The molecule has 2 aromatic carbocycles. The molecule has 0 heterocycles. The average Bonchev–Trinajstić information content (AvgIpc) is 2.73. The number of nitrogens with two attached hydrogens (primary N) is 1. The zero-order valence-corrected chi connectivity index (χ0v) is 19.8. The third-order valence-electron chi connectivity index (χ3n) is 3.49. The number of primary amides is 1. The van der Waals surface area contributed by atoms with Gasteiger partial charge in [0.2, 0.25) is 5.91 Å². The molecule has 0 aliphatic rings. The Balaban J connectivity index is 0.000000383. The summed E-state index contributed by atoms with van der Waals surface area (Å²) < 4.78 is 43.6. The van der Waals surface area contributed by atoms with Crippen LogP contribution in [-0.4, -0.2) is 50.3 Å². The van der Waals surface area contributed by atoms with Crippen molar-refractivity contribution in [2.75, 3.05) is 11.1 Å². The number of rotatable bonds is 9. The van der Waals surface area contributed by atoms with Crippen LogP contribution in [0.5, 0.6) is 0 Å². The first-order valence-electron chi connectivity index (χ1n) is 8.74. The predicted octanol–water partition coefficient (Wildman–Crippen LogP) is 0.937. The van der Waals surface area contributed by atoms with Gasteiger partial charge in [-0.2, -0.15) is 0 Å². The number of hydrogen-bond acceptors (Lipinski definition) is 10. The summed E-state index contributed by atoms with van der Waals surface area (Å²) in [5.74, 6) is -1.56. The molecule has 13 nitrogen and oxygen atoms in total. The first-order valence-corrected chi connectivity index (χ1v) is 13.6.